The van der Waals surface area contributed by atoms with Crippen LogP contribution in [0.2, 0.25) is 0 Å². The second kappa shape index (κ2) is 9.00. The van der Waals surface area contributed by atoms with Crippen molar-refractivity contribution < 1.29 is 23.0 Å². The minimum atomic E-state index is -0.707. The van der Waals surface area contributed by atoms with E-state index in [4.69, 9.17) is 9.47 Å². The summed E-state index contributed by atoms with van der Waals surface area (Å²) in [5, 5.41) is 2.81. The summed E-state index contributed by atoms with van der Waals surface area (Å²) in [7, 11) is 1.56. The van der Waals surface area contributed by atoms with Gasteiger partial charge in [0.05, 0.1) is 25.3 Å². The number of ether oxygens (including phenoxy) is 2. The molecule has 1 heterocycles. The number of aromatic nitrogens is 2. The van der Waals surface area contributed by atoms with Gasteiger partial charge in [0, 0.05) is 18.2 Å². The number of aryl methyl sites for hydroxylation is 1. The van der Waals surface area contributed by atoms with E-state index >= 15 is 0 Å². The number of amides is 1. The van der Waals surface area contributed by atoms with Gasteiger partial charge in [0.25, 0.3) is 0 Å². The van der Waals surface area contributed by atoms with Gasteiger partial charge in [-0.25, -0.2) is 18.7 Å². The average Bonchev–Trinajstić information content (AvgIpc) is 3.51. The first kappa shape index (κ1) is 21.8. The van der Waals surface area contributed by atoms with Crippen molar-refractivity contribution in [3.63, 3.8) is 0 Å². The fourth-order valence-electron chi connectivity index (χ4n) is 3.84. The predicted molar refractivity (Wildman–Crippen MR) is 114 cm³/mol. The van der Waals surface area contributed by atoms with Gasteiger partial charge >= 0.3 is 0 Å². The van der Waals surface area contributed by atoms with Crippen LogP contribution < -0.4 is 10.1 Å². The summed E-state index contributed by atoms with van der Waals surface area (Å²) in [5.74, 6) is -0.396. The smallest absolute Gasteiger partial charge is 0.228 e. The number of benzene rings is 2. The van der Waals surface area contributed by atoms with Crippen molar-refractivity contribution in [2.45, 2.75) is 25.4 Å². The highest BCUT2D eigenvalue weighted by atomic mass is 19.1. The number of carbonyl (C=O) groups excluding carboxylic acids is 1. The fraction of sp³-hybridized carbons (Fsp3) is 0.292. The Morgan fingerprint density at radius 3 is 2.69 bits per heavy atom. The van der Waals surface area contributed by atoms with E-state index in [0.717, 1.165) is 0 Å². The second-order valence-electron chi connectivity index (χ2n) is 7.87. The minimum absolute atomic E-state index is 0.140. The molecule has 0 saturated heterocycles. The fourth-order valence-corrected chi connectivity index (χ4v) is 3.84. The van der Waals surface area contributed by atoms with Crippen LogP contribution in [-0.2, 0) is 21.6 Å². The zero-order valence-corrected chi connectivity index (χ0v) is 17.8. The highest BCUT2D eigenvalue weighted by Crippen LogP contribution is 2.55. The first-order valence-electron chi connectivity index (χ1n) is 10.2. The zero-order chi connectivity index (χ0) is 22.7. The normalized spacial score (nSPS) is 19.4. The average molecular weight is 439 g/mol. The molecule has 2 aromatic carbocycles. The Morgan fingerprint density at radius 1 is 1.19 bits per heavy atom. The third-order valence-corrected chi connectivity index (χ3v) is 5.62. The summed E-state index contributed by atoms with van der Waals surface area (Å²) >= 11 is 0. The molecule has 1 saturated carbocycles. The van der Waals surface area contributed by atoms with E-state index in [0.29, 0.717) is 34.9 Å². The molecular formula is C24H23F2N3O3. The number of methoxy groups -OCH3 is 1. The molecule has 0 bridgehead atoms. The van der Waals surface area contributed by atoms with Crippen molar-refractivity contribution in [2.75, 3.05) is 19.0 Å². The lowest BCUT2D eigenvalue weighted by molar-refractivity contribution is -0.117. The van der Waals surface area contributed by atoms with Crippen LogP contribution >= 0.6 is 0 Å². The Labute approximate surface area is 184 Å². The molecule has 4 rings (SSSR count). The first-order valence-corrected chi connectivity index (χ1v) is 10.2. The van der Waals surface area contributed by atoms with Crippen molar-refractivity contribution >= 4 is 11.6 Å². The number of carbonyl (C=O) groups is 1. The summed E-state index contributed by atoms with van der Waals surface area (Å²) in [6, 6.07) is 11.7. The molecular weight excluding hydrogens is 416 g/mol. The van der Waals surface area contributed by atoms with Crippen molar-refractivity contribution in [3.8, 4) is 5.75 Å². The lowest BCUT2D eigenvalue weighted by Gasteiger charge is -2.20. The van der Waals surface area contributed by atoms with Crippen LogP contribution in [0.25, 0.3) is 0 Å². The summed E-state index contributed by atoms with van der Waals surface area (Å²) in [5.41, 5.74) is 1.06. The highest BCUT2D eigenvalue weighted by Gasteiger charge is 2.60. The molecule has 3 aromatic rings. The van der Waals surface area contributed by atoms with Crippen molar-refractivity contribution in [1.82, 2.24) is 9.97 Å². The Bertz CT molecular complexity index is 1120. The second-order valence-corrected chi connectivity index (χ2v) is 7.87. The molecule has 0 spiro atoms. The standard InChI is InChI=1S/C24H23F2N3O3/c1-15-27-12-22(21(28-15)13-31-2)32-14-24(16-4-3-5-18(26)10-16)11-20(24)23(30)29-19-8-6-17(25)7-9-19/h3-10,12,20H,11,13-14H2,1-2H3,(H,29,30)/t20-,24+/m0/s1. The van der Waals surface area contributed by atoms with Gasteiger partial charge < -0.3 is 14.8 Å². The Kier molecular flexibility index (Phi) is 6.14. The molecule has 1 fully saturated rings. The molecule has 166 valence electrons. The van der Waals surface area contributed by atoms with E-state index in [-0.39, 0.29) is 30.8 Å². The SMILES string of the molecule is COCc1nc(C)ncc1OC[C@@]1(c2cccc(F)c2)C[C@H]1C(=O)Nc1ccc(F)cc1. The maximum atomic E-state index is 14.0. The molecule has 0 radical (unpaired) electrons. The summed E-state index contributed by atoms with van der Waals surface area (Å²) in [6.45, 7) is 2.16. The Morgan fingerprint density at radius 2 is 1.97 bits per heavy atom. The maximum absolute atomic E-state index is 14.0. The van der Waals surface area contributed by atoms with Gasteiger partial charge in [0.1, 0.15) is 23.2 Å². The predicted octanol–water partition coefficient (Wildman–Crippen LogP) is 4.19. The quantitative estimate of drug-likeness (QED) is 0.570. The molecule has 6 nitrogen and oxygen atoms in total. The van der Waals surface area contributed by atoms with Gasteiger partial charge in [-0.3, -0.25) is 4.79 Å². The molecule has 32 heavy (non-hydrogen) atoms. The molecule has 0 unspecified atom stereocenters. The topological polar surface area (TPSA) is 73.3 Å². The van der Waals surface area contributed by atoms with Gasteiger partial charge in [-0.15, -0.1) is 0 Å². The lowest BCUT2D eigenvalue weighted by Crippen LogP contribution is -2.27. The highest BCUT2D eigenvalue weighted by molar-refractivity contribution is 5.96. The molecule has 1 aromatic heterocycles. The van der Waals surface area contributed by atoms with E-state index < -0.39 is 11.3 Å². The molecule has 8 heteroatoms. The number of halogens is 2. The third-order valence-electron chi connectivity index (χ3n) is 5.62. The maximum Gasteiger partial charge on any atom is 0.228 e. The summed E-state index contributed by atoms with van der Waals surface area (Å²) in [6.07, 6.45) is 2.06. The molecule has 1 N–H and O–H groups in total. The molecule has 0 aliphatic heterocycles. The van der Waals surface area contributed by atoms with Crippen LogP contribution in [0, 0.1) is 24.5 Å². The molecule has 1 aliphatic carbocycles. The van der Waals surface area contributed by atoms with Crippen molar-refractivity contribution in [2.24, 2.45) is 5.92 Å². The van der Waals surface area contributed by atoms with Crippen molar-refractivity contribution in [1.29, 1.82) is 0 Å². The van der Waals surface area contributed by atoms with Crippen LogP contribution in [0.4, 0.5) is 14.5 Å². The number of hydrogen-bond donors (Lipinski definition) is 1. The van der Waals surface area contributed by atoms with Crippen LogP contribution in [0.5, 0.6) is 5.75 Å². The van der Waals surface area contributed by atoms with E-state index in [1.165, 1.54) is 36.4 Å². The number of nitrogens with zero attached hydrogens (tertiary/aromatic N) is 2. The van der Waals surface area contributed by atoms with Gasteiger partial charge in [-0.2, -0.15) is 0 Å². The number of nitrogens with one attached hydrogen (secondary N) is 1. The van der Waals surface area contributed by atoms with Crippen LogP contribution in [0.1, 0.15) is 23.5 Å². The lowest BCUT2D eigenvalue weighted by atomic mass is 9.93. The van der Waals surface area contributed by atoms with Gasteiger partial charge in [0.15, 0.2) is 5.75 Å². The minimum Gasteiger partial charge on any atom is -0.489 e. The van der Waals surface area contributed by atoms with Crippen LogP contribution in [-0.4, -0.2) is 29.6 Å². The van der Waals surface area contributed by atoms with E-state index in [1.54, 1.807) is 32.4 Å². The summed E-state index contributed by atoms with van der Waals surface area (Å²) in [4.78, 5) is 21.5. The van der Waals surface area contributed by atoms with Crippen LogP contribution in [0.15, 0.2) is 54.7 Å². The zero-order valence-electron chi connectivity index (χ0n) is 17.8. The Balaban J connectivity index is 1.57. The van der Waals surface area contributed by atoms with E-state index in [2.05, 4.69) is 15.3 Å². The first-order chi connectivity index (χ1) is 15.4. The summed E-state index contributed by atoms with van der Waals surface area (Å²) < 4.78 is 38.4. The number of rotatable bonds is 8. The Hall–Kier alpha value is -3.39. The van der Waals surface area contributed by atoms with Gasteiger partial charge in [-0.1, -0.05) is 12.1 Å². The monoisotopic (exact) mass is 439 g/mol. The molecule has 2 atom stereocenters. The van der Waals surface area contributed by atoms with Gasteiger partial charge in [-0.05, 0) is 55.3 Å². The molecule has 1 aliphatic rings. The number of hydrogen-bond acceptors (Lipinski definition) is 5. The largest absolute Gasteiger partial charge is 0.489 e. The molecule has 1 amide bonds. The van der Waals surface area contributed by atoms with E-state index in [9.17, 15) is 13.6 Å². The van der Waals surface area contributed by atoms with Crippen LogP contribution in [0.3, 0.4) is 0 Å². The number of anilines is 1. The van der Waals surface area contributed by atoms with Gasteiger partial charge in [0.2, 0.25) is 5.91 Å². The van der Waals surface area contributed by atoms with Crippen molar-refractivity contribution in [3.05, 3.63) is 83.4 Å². The van der Waals surface area contributed by atoms with E-state index in [1.807, 2.05) is 0 Å². The third kappa shape index (κ3) is 4.60.